The second kappa shape index (κ2) is 5.67. The van der Waals surface area contributed by atoms with Crippen molar-refractivity contribution >= 4 is 18.1 Å². The minimum absolute atomic E-state index is 0.0372. The van der Waals surface area contributed by atoms with Gasteiger partial charge in [-0.05, 0) is 12.1 Å². The van der Waals surface area contributed by atoms with Gasteiger partial charge in [-0.15, -0.1) is 0 Å². The number of rotatable bonds is 1. The van der Waals surface area contributed by atoms with Crippen molar-refractivity contribution in [2.75, 3.05) is 14.1 Å². The summed E-state index contributed by atoms with van der Waals surface area (Å²) in [7, 11) is 3.31. The molecule has 0 fully saturated rings. The molecule has 0 unspecified atom stereocenters. The molecule has 0 aliphatic rings. The summed E-state index contributed by atoms with van der Waals surface area (Å²) in [6.45, 7) is 0. The van der Waals surface area contributed by atoms with Crippen molar-refractivity contribution in [3.63, 3.8) is 0 Å². The van der Waals surface area contributed by atoms with Crippen LogP contribution < -0.4 is 5.73 Å². The minimum atomic E-state index is -0.281. The lowest BCUT2D eigenvalue weighted by molar-refractivity contribution is 0.403. The standard InChI is InChI=1S/C11H15N5O2/c1-16(2)11(13)15-10(12)14-6-7-4-3-5-8(17)9(7)18/h3-6,17-18H,1-2H3,(H3,12,13,15)/b14-6+. The van der Waals surface area contributed by atoms with Crippen LogP contribution >= 0.6 is 0 Å². The zero-order valence-corrected chi connectivity index (χ0v) is 10.1. The van der Waals surface area contributed by atoms with Crippen LogP contribution in [0.5, 0.6) is 11.5 Å². The van der Waals surface area contributed by atoms with Gasteiger partial charge < -0.3 is 20.8 Å². The van der Waals surface area contributed by atoms with Crippen LogP contribution in [-0.2, 0) is 0 Å². The van der Waals surface area contributed by atoms with Gasteiger partial charge in [0.1, 0.15) is 0 Å². The molecule has 1 aromatic carbocycles. The van der Waals surface area contributed by atoms with Crippen molar-refractivity contribution in [1.82, 2.24) is 4.90 Å². The van der Waals surface area contributed by atoms with E-state index in [1.807, 2.05) is 0 Å². The topological polar surface area (TPSA) is 118 Å². The average molecular weight is 249 g/mol. The lowest BCUT2D eigenvalue weighted by atomic mass is 10.2. The van der Waals surface area contributed by atoms with Gasteiger partial charge in [-0.25, -0.2) is 4.99 Å². The van der Waals surface area contributed by atoms with Crippen molar-refractivity contribution in [1.29, 1.82) is 5.41 Å². The fourth-order valence-electron chi connectivity index (χ4n) is 1.03. The third-order valence-electron chi connectivity index (χ3n) is 2.03. The van der Waals surface area contributed by atoms with Crippen LogP contribution in [0.1, 0.15) is 5.56 Å². The molecule has 7 heteroatoms. The van der Waals surface area contributed by atoms with Gasteiger partial charge in [-0.2, -0.15) is 4.99 Å². The summed E-state index contributed by atoms with van der Waals surface area (Å²) < 4.78 is 0. The summed E-state index contributed by atoms with van der Waals surface area (Å²) >= 11 is 0. The fourth-order valence-corrected chi connectivity index (χ4v) is 1.03. The lowest BCUT2D eigenvalue weighted by Gasteiger charge is -2.07. The molecule has 5 N–H and O–H groups in total. The Bertz CT molecular complexity index is 508. The molecule has 0 aromatic heterocycles. The number of phenolic OH excluding ortho intramolecular Hbond substituents is 2. The zero-order chi connectivity index (χ0) is 13.7. The van der Waals surface area contributed by atoms with Gasteiger partial charge in [0, 0.05) is 25.9 Å². The summed E-state index contributed by atoms with van der Waals surface area (Å²) in [6.07, 6.45) is 1.26. The van der Waals surface area contributed by atoms with Crippen molar-refractivity contribution in [2.45, 2.75) is 0 Å². The Balaban J connectivity index is 2.87. The summed E-state index contributed by atoms with van der Waals surface area (Å²) in [5.74, 6) is -0.673. The van der Waals surface area contributed by atoms with E-state index in [0.29, 0.717) is 5.56 Å². The normalized spacial score (nSPS) is 11.8. The van der Waals surface area contributed by atoms with E-state index in [2.05, 4.69) is 9.98 Å². The van der Waals surface area contributed by atoms with Gasteiger partial charge in [0.2, 0.25) is 11.9 Å². The predicted octanol–water partition coefficient (Wildman–Crippen LogP) is 0.328. The van der Waals surface area contributed by atoms with Crippen LogP contribution in [-0.4, -0.2) is 47.3 Å². The molecular weight excluding hydrogens is 234 g/mol. The van der Waals surface area contributed by atoms with E-state index in [9.17, 15) is 10.2 Å². The molecule has 0 heterocycles. The molecule has 0 amide bonds. The lowest BCUT2D eigenvalue weighted by Crippen LogP contribution is -2.22. The molecular formula is C11H15N5O2. The third-order valence-corrected chi connectivity index (χ3v) is 2.03. The number of aromatic hydroxyl groups is 2. The zero-order valence-electron chi connectivity index (χ0n) is 10.1. The van der Waals surface area contributed by atoms with Gasteiger partial charge >= 0.3 is 0 Å². The summed E-state index contributed by atoms with van der Waals surface area (Å²) in [4.78, 5) is 8.95. The Kier molecular flexibility index (Phi) is 4.25. The van der Waals surface area contributed by atoms with Crippen molar-refractivity contribution in [2.24, 2.45) is 15.7 Å². The van der Waals surface area contributed by atoms with Crippen LogP contribution in [0, 0.1) is 5.41 Å². The number of guanidine groups is 2. The van der Waals surface area contributed by atoms with Crippen molar-refractivity contribution < 1.29 is 10.2 Å². The predicted molar refractivity (Wildman–Crippen MR) is 70.4 cm³/mol. The van der Waals surface area contributed by atoms with E-state index in [1.54, 1.807) is 26.2 Å². The van der Waals surface area contributed by atoms with Crippen LogP contribution in [0.4, 0.5) is 0 Å². The number of hydrogen-bond acceptors (Lipinski definition) is 3. The van der Waals surface area contributed by atoms with Crippen LogP contribution in [0.25, 0.3) is 0 Å². The average Bonchev–Trinajstić information content (AvgIpc) is 2.31. The van der Waals surface area contributed by atoms with Gasteiger partial charge in [0.05, 0.1) is 0 Å². The smallest absolute Gasteiger partial charge is 0.223 e. The van der Waals surface area contributed by atoms with Gasteiger partial charge in [-0.1, -0.05) is 6.07 Å². The monoisotopic (exact) mass is 249 g/mol. The Morgan fingerprint density at radius 1 is 1.39 bits per heavy atom. The number of nitrogens with zero attached hydrogens (tertiary/aromatic N) is 3. The van der Waals surface area contributed by atoms with E-state index >= 15 is 0 Å². The highest BCUT2D eigenvalue weighted by Gasteiger charge is 2.03. The summed E-state index contributed by atoms with van der Waals surface area (Å²) in [5, 5.41) is 26.2. The van der Waals surface area contributed by atoms with Crippen LogP contribution in [0.3, 0.4) is 0 Å². The van der Waals surface area contributed by atoms with Crippen LogP contribution in [0.2, 0.25) is 0 Å². The molecule has 0 aliphatic carbocycles. The molecule has 18 heavy (non-hydrogen) atoms. The molecule has 1 rings (SSSR count). The first-order valence-corrected chi connectivity index (χ1v) is 5.07. The number of nitrogens with one attached hydrogen (secondary N) is 1. The molecule has 0 spiro atoms. The molecule has 7 nitrogen and oxygen atoms in total. The van der Waals surface area contributed by atoms with E-state index < -0.39 is 0 Å². The molecule has 0 saturated carbocycles. The largest absolute Gasteiger partial charge is 0.504 e. The van der Waals surface area contributed by atoms with E-state index in [4.69, 9.17) is 11.1 Å². The van der Waals surface area contributed by atoms with Gasteiger partial charge in [0.25, 0.3) is 0 Å². The number of benzene rings is 1. The second-order valence-electron chi connectivity index (χ2n) is 3.66. The molecule has 0 aliphatic heterocycles. The molecule has 0 radical (unpaired) electrons. The number of para-hydroxylation sites is 1. The Morgan fingerprint density at radius 3 is 2.67 bits per heavy atom. The maximum Gasteiger partial charge on any atom is 0.223 e. The first kappa shape index (κ1) is 13.5. The SMILES string of the molecule is CN(C)C(=N)/N=C(N)/N=C/c1cccc(O)c1O. The van der Waals surface area contributed by atoms with E-state index in [0.717, 1.165) is 0 Å². The highest BCUT2D eigenvalue weighted by atomic mass is 16.3. The quantitative estimate of drug-likeness (QED) is 0.326. The fraction of sp³-hybridized carbons (Fsp3) is 0.182. The Labute approximate surface area is 104 Å². The van der Waals surface area contributed by atoms with Gasteiger partial charge in [0.15, 0.2) is 11.5 Å². The molecule has 1 aromatic rings. The Morgan fingerprint density at radius 2 is 2.06 bits per heavy atom. The van der Waals surface area contributed by atoms with Crippen molar-refractivity contribution in [3.8, 4) is 11.5 Å². The third kappa shape index (κ3) is 3.48. The van der Waals surface area contributed by atoms with Gasteiger partial charge in [-0.3, -0.25) is 5.41 Å². The maximum absolute atomic E-state index is 9.51. The highest BCUT2D eigenvalue weighted by Crippen LogP contribution is 2.26. The molecule has 0 bridgehead atoms. The first-order chi connectivity index (χ1) is 8.41. The summed E-state index contributed by atoms with van der Waals surface area (Å²) in [5.41, 5.74) is 5.80. The molecule has 0 atom stereocenters. The summed E-state index contributed by atoms with van der Waals surface area (Å²) in [6, 6.07) is 4.47. The molecule has 0 saturated heterocycles. The Hall–Kier alpha value is -2.57. The maximum atomic E-state index is 9.51. The first-order valence-electron chi connectivity index (χ1n) is 5.07. The second-order valence-corrected chi connectivity index (χ2v) is 3.66. The number of phenols is 2. The number of aliphatic imine (C=N–C) groups is 2. The van der Waals surface area contributed by atoms with Crippen LogP contribution in [0.15, 0.2) is 28.2 Å². The van der Waals surface area contributed by atoms with E-state index in [-0.39, 0.29) is 23.4 Å². The van der Waals surface area contributed by atoms with Crippen molar-refractivity contribution in [3.05, 3.63) is 23.8 Å². The number of hydrogen-bond donors (Lipinski definition) is 4. The highest BCUT2D eigenvalue weighted by molar-refractivity contribution is 5.99. The molecule has 96 valence electrons. The minimum Gasteiger partial charge on any atom is -0.504 e. The van der Waals surface area contributed by atoms with E-state index in [1.165, 1.54) is 17.2 Å². The number of nitrogens with two attached hydrogens (primary N) is 1.